The maximum absolute atomic E-state index is 12.5. The molecule has 0 saturated carbocycles. The Morgan fingerprint density at radius 2 is 1.45 bits per heavy atom. The van der Waals surface area contributed by atoms with Crippen LogP contribution in [0.25, 0.3) is 0 Å². The van der Waals surface area contributed by atoms with E-state index in [0.29, 0.717) is 12.2 Å². The number of rotatable bonds is 17. The molecule has 0 spiro atoms. The number of carbonyl (C=O) groups excluding carboxylic acids is 2. The molecule has 0 fully saturated rings. The molecule has 1 aromatic rings. The first-order valence-electron chi connectivity index (χ1n) is 12.2. The van der Waals surface area contributed by atoms with E-state index in [2.05, 4.69) is 28.2 Å². The topological polar surface area (TPSA) is 55.4 Å². The Morgan fingerprint density at radius 3 is 1.97 bits per heavy atom. The molecule has 1 unspecified atom stereocenters. The third kappa shape index (κ3) is 12.9. The first kappa shape index (κ1) is 27.7. The van der Waals surface area contributed by atoms with Crippen molar-refractivity contribution in [2.24, 2.45) is 5.92 Å². The molecular weight excluding hydrogens is 454 g/mol. The number of amides is 1. The van der Waals surface area contributed by atoms with Crippen molar-refractivity contribution in [1.29, 1.82) is 0 Å². The first-order chi connectivity index (χ1) is 15.0. The standard InChI is InChI=1S/C26H42BrNO3/c1-4-5-6-7-8-9-10-11-12-13-14-15-19-31-26(30)24(21(2)3)28-25(29)22-17-16-18-23(27)20-22/h16-18,20-21,24H,4-15,19H2,1-3H3,(H,28,29). The van der Waals surface area contributed by atoms with Gasteiger partial charge in [0.25, 0.3) is 5.91 Å². The van der Waals surface area contributed by atoms with Gasteiger partial charge in [0.2, 0.25) is 0 Å². The Morgan fingerprint density at radius 1 is 0.903 bits per heavy atom. The van der Waals surface area contributed by atoms with Gasteiger partial charge in [0, 0.05) is 10.0 Å². The minimum Gasteiger partial charge on any atom is -0.464 e. The fraction of sp³-hybridized carbons (Fsp3) is 0.692. The van der Waals surface area contributed by atoms with Gasteiger partial charge in [-0.05, 0) is 30.5 Å². The summed E-state index contributed by atoms with van der Waals surface area (Å²) in [5.41, 5.74) is 0.522. The van der Waals surface area contributed by atoms with Gasteiger partial charge in [-0.15, -0.1) is 0 Å². The smallest absolute Gasteiger partial charge is 0.328 e. The summed E-state index contributed by atoms with van der Waals surface area (Å²) >= 11 is 3.37. The largest absolute Gasteiger partial charge is 0.464 e. The molecule has 1 aromatic carbocycles. The molecule has 0 saturated heterocycles. The van der Waals surface area contributed by atoms with Crippen LogP contribution in [-0.2, 0) is 9.53 Å². The van der Waals surface area contributed by atoms with Gasteiger partial charge in [-0.3, -0.25) is 4.79 Å². The second-order valence-corrected chi connectivity index (χ2v) is 9.68. The van der Waals surface area contributed by atoms with Crippen LogP contribution in [0.15, 0.2) is 28.7 Å². The second kappa shape index (κ2) is 17.2. The fourth-order valence-corrected chi connectivity index (χ4v) is 3.96. The molecule has 0 aliphatic heterocycles. The van der Waals surface area contributed by atoms with Crippen molar-refractivity contribution < 1.29 is 14.3 Å². The zero-order valence-electron chi connectivity index (χ0n) is 19.8. The summed E-state index contributed by atoms with van der Waals surface area (Å²) in [6, 6.07) is 6.50. The van der Waals surface area contributed by atoms with Crippen molar-refractivity contribution >= 4 is 27.8 Å². The van der Waals surface area contributed by atoms with Crippen LogP contribution in [0.1, 0.15) is 108 Å². The van der Waals surface area contributed by atoms with E-state index in [1.54, 1.807) is 18.2 Å². The van der Waals surface area contributed by atoms with Crippen LogP contribution in [0.2, 0.25) is 0 Å². The lowest BCUT2D eigenvalue weighted by atomic mass is 10.0. The number of halogens is 1. The Bertz CT molecular complexity index is 633. The molecular formula is C26H42BrNO3. The van der Waals surface area contributed by atoms with Crippen LogP contribution < -0.4 is 5.32 Å². The van der Waals surface area contributed by atoms with E-state index in [0.717, 1.165) is 17.3 Å². The van der Waals surface area contributed by atoms with Gasteiger partial charge in [0.05, 0.1) is 6.61 Å². The average Bonchev–Trinajstić information content (AvgIpc) is 2.74. The van der Waals surface area contributed by atoms with Crippen molar-refractivity contribution in [2.75, 3.05) is 6.61 Å². The van der Waals surface area contributed by atoms with E-state index in [-0.39, 0.29) is 17.8 Å². The summed E-state index contributed by atoms with van der Waals surface area (Å²) in [6.07, 6.45) is 15.3. The van der Waals surface area contributed by atoms with Gasteiger partial charge in [0.1, 0.15) is 6.04 Å². The molecule has 1 N–H and O–H groups in total. The number of esters is 1. The highest BCUT2D eigenvalue weighted by atomic mass is 79.9. The molecule has 31 heavy (non-hydrogen) atoms. The fourth-order valence-electron chi connectivity index (χ4n) is 3.56. The predicted octanol–water partition coefficient (Wildman–Crippen LogP) is 7.45. The van der Waals surface area contributed by atoms with Gasteiger partial charge in [-0.1, -0.05) is 113 Å². The van der Waals surface area contributed by atoms with Crippen molar-refractivity contribution in [2.45, 2.75) is 104 Å². The molecule has 4 nitrogen and oxygen atoms in total. The summed E-state index contributed by atoms with van der Waals surface area (Å²) in [6.45, 7) is 6.51. The van der Waals surface area contributed by atoms with Crippen LogP contribution in [0.5, 0.6) is 0 Å². The first-order valence-corrected chi connectivity index (χ1v) is 13.0. The summed E-state index contributed by atoms with van der Waals surface area (Å²) < 4.78 is 6.28. The molecule has 0 aromatic heterocycles. The van der Waals surface area contributed by atoms with Gasteiger partial charge >= 0.3 is 5.97 Å². The number of hydrogen-bond acceptors (Lipinski definition) is 3. The predicted molar refractivity (Wildman–Crippen MR) is 132 cm³/mol. The monoisotopic (exact) mass is 495 g/mol. The number of hydrogen-bond donors (Lipinski definition) is 1. The molecule has 5 heteroatoms. The van der Waals surface area contributed by atoms with E-state index >= 15 is 0 Å². The average molecular weight is 497 g/mol. The Kier molecular flexibility index (Phi) is 15.4. The normalized spacial score (nSPS) is 12.0. The van der Waals surface area contributed by atoms with Crippen LogP contribution in [-0.4, -0.2) is 24.5 Å². The Labute approximate surface area is 198 Å². The van der Waals surface area contributed by atoms with Crippen molar-refractivity contribution in [3.05, 3.63) is 34.3 Å². The Hall–Kier alpha value is -1.36. The molecule has 176 valence electrons. The number of carbonyl (C=O) groups is 2. The quantitative estimate of drug-likeness (QED) is 0.180. The number of nitrogens with one attached hydrogen (secondary N) is 1. The SMILES string of the molecule is CCCCCCCCCCCCCCOC(=O)C(NC(=O)c1cccc(Br)c1)C(C)C. The van der Waals surface area contributed by atoms with Crippen molar-refractivity contribution in [3.8, 4) is 0 Å². The highest BCUT2D eigenvalue weighted by Gasteiger charge is 2.26. The van der Waals surface area contributed by atoms with Gasteiger partial charge in [-0.25, -0.2) is 4.79 Å². The molecule has 0 aliphatic carbocycles. The maximum atomic E-state index is 12.5. The molecule has 0 bridgehead atoms. The number of benzene rings is 1. The van der Waals surface area contributed by atoms with Crippen molar-refractivity contribution in [3.63, 3.8) is 0 Å². The lowest BCUT2D eigenvalue weighted by Crippen LogP contribution is -2.45. The summed E-state index contributed by atoms with van der Waals surface area (Å²) in [4.78, 5) is 24.9. The summed E-state index contributed by atoms with van der Waals surface area (Å²) in [5.74, 6) is -0.644. The third-order valence-electron chi connectivity index (χ3n) is 5.54. The zero-order chi connectivity index (χ0) is 22.9. The lowest BCUT2D eigenvalue weighted by molar-refractivity contribution is -0.147. The molecule has 0 heterocycles. The maximum Gasteiger partial charge on any atom is 0.328 e. The van der Waals surface area contributed by atoms with Crippen LogP contribution in [0.4, 0.5) is 0 Å². The minimum atomic E-state index is -0.635. The van der Waals surface area contributed by atoms with Gasteiger partial charge in [0.15, 0.2) is 0 Å². The van der Waals surface area contributed by atoms with E-state index in [9.17, 15) is 9.59 Å². The van der Waals surface area contributed by atoms with E-state index in [1.807, 2.05) is 19.9 Å². The van der Waals surface area contributed by atoms with Crippen LogP contribution >= 0.6 is 15.9 Å². The van der Waals surface area contributed by atoms with Crippen LogP contribution in [0.3, 0.4) is 0 Å². The van der Waals surface area contributed by atoms with Crippen LogP contribution in [0, 0.1) is 5.92 Å². The zero-order valence-corrected chi connectivity index (χ0v) is 21.3. The highest BCUT2D eigenvalue weighted by molar-refractivity contribution is 9.10. The molecule has 1 amide bonds. The van der Waals surface area contributed by atoms with Crippen molar-refractivity contribution in [1.82, 2.24) is 5.32 Å². The minimum absolute atomic E-state index is 0.0365. The molecule has 1 atom stereocenters. The Balaban J connectivity index is 2.15. The summed E-state index contributed by atoms with van der Waals surface area (Å²) in [5, 5.41) is 2.82. The molecule has 1 rings (SSSR count). The number of unbranched alkanes of at least 4 members (excludes halogenated alkanes) is 11. The molecule has 0 radical (unpaired) electrons. The lowest BCUT2D eigenvalue weighted by Gasteiger charge is -2.21. The highest BCUT2D eigenvalue weighted by Crippen LogP contribution is 2.14. The van der Waals surface area contributed by atoms with Gasteiger partial charge < -0.3 is 10.1 Å². The second-order valence-electron chi connectivity index (χ2n) is 8.76. The third-order valence-corrected chi connectivity index (χ3v) is 6.03. The van der Waals surface area contributed by atoms with E-state index < -0.39 is 6.04 Å². The molecule has 0 aliphatic rings. The van der Waals surface area contributed by atoms with Gasteiger partial charge in [-0.2, -0.15) is 0 Å². The van der Waals surface area contributed by atoms with E-state index in [1.165, 1.54) is 64.2 Å². The summed E-state index contributed by atoms with van der Waals surface area (Å²) in [7, 11) is 0. The van der Waals surface area contributed by atoms with E-state index in [4.69, 9.17) is 4.74 Å². The number of ether oxygens (including phenoxy) is 1.